The van der Waals surface area contributed by atoms with Crippen LogP contribution in [0.3, 0.4) is 0 Å². The van der Waals surface area contributed by atoms with Crippen LogP contribution in [-0.2, 0) is 4.84 Å². The van der Waals surface area contributed by atoms with E-state index in [1.54, 1.807) is 0 Å². The van der Waals surface area contributed by atoms with E-state index in [1.165, 1.54) is 0 Å². The van der Waals surface area contributed by atoms with Gasteiger partial charge in [0, 0.05) is 6.54 Å². The number of primary amides is 1. The summed E-state index contributed by atoms with van der Waals surface area (Å²) in [6.45, 7) is 1.14. The van der Waals surface area contributed by atoms with Gasteiger partial charge in [-0.15, -0.1) is 5.17 Å². The molecule has 0 aromatic carbocycles. The average molecular weight is 117 g/mol. The van der Waals surface area contributed by atoms with Gasteiger partial charge in [0.15, 0.2) is 0 Å². The third-order valence-electron chi connectivity index (χ3n) is 0.778. The zero-order chi connectivity index (χ0) is 5.98. The maximum Gasteiger partial charge on any atom is 0.354 e. The first kappa shape index (κ1) is 5.33. The number of hydrogen-bond donors (Lipinski definition) is 2. The average Bonchev–Trinajstić information content (AvgIpc) is 2.12. The largest absolute Gasteiger partial charge is 0.354 e. The van der Waals surface area contributed by atoms with Crippen LogP contribution in [0.15, 0.2) is 0 Å². The second-order valence-corrected chi connectivity index (χ2v) is 1.37. The molecule has 1 aliphatic rings. The normalized spacial score (nSPS) is 19.2. The summed E-state index contributed by atoms with van der Waals surface area (Å²) in [6, 6.07) is -0.609. The minimum atomic E-state index is -0.609. The van der Waals surface area contributed by atoms with Crippen LogP contribution in [0.25, 0.3) is 0 Å². The summed E-state index contributed by atoms with van der Waals surface area (Å²) >= 11 is 0. The number of carbonyl (C=O) groups is 1. The molecule has 0 aromatic heterocycles. The molecule has 1 heterocycles. The lowest BCUT2D eigenvalue weighted by atomic mass is 10.8. The predicted molar refractivity (Wildman–Crippen MR) is 25.4 cm³/mol. The van der Waals surface area contributed by atoms with E-state index in [-0.39, 0.29) is 0 Å². The zero-order valence-electron chi connectivity index (χ0n) is 4.26. The van der Waals surface area contributed by atoms with Crippen molar-refractivity contribution in [2.75, 3.05) is 13.2 Å². The number of nitrogens with one attached hydrogen (secondary N) is 1. The Bertz CT molecular complexity index is 98.7. The lowest BCUT2D eigenvalue weighted by Gasteiger charge is -2.07. The Morgan fingerprint density at radius 3 is 2.88 bits per heavy atom. The molecule has 0 spiro atoms. The molecule has 1 saturated heterocycles. The molecule has 8 heavy (non-hydrogen) atoms. The third-order valence-corrected chi connectivity index (χ3v) is 0.778. The molecular formula is C3H7N3O2. The van der Waals surface area contributed by atoms with Crippen LogP contribution in [-0.4, -0.2) is 24.4 Å². The van der Waals surface area contributed by atoms with Gasteiger partial charge in [-0.25, -0.2) is 10.2 Å². The van der Waals surface area contributed by atoms with Crippen molar-refractivity contribution in [3.05, 3.63) is 0 Å². The molecular weight excluding hydrogens is 110 g/mol. The van der Waals surface area contributed by atoms with Crippen molar-refractivity contribution >= 4 is 6.03 Å². The highest BCUT2D eigenvalue weighted by Crippen LogP contribution is 1.89. The van der Waals surface area contributed by atoms with Gasteiger partial charge >= 0.3 is 6.03 Å². The zero-order valence-corrected chi connectivity index (χ0v) is 4.26. The smallest absolute Gasteiger partial charge is 0.349 e. The number of nitrogens with zero attached hydrogens (tertiary/aromatic N) is 1. The van der Waals surface area contributed by atoms with Crippen LogP contribution in [0.5, 0.6) is 0 Å². The summed E-state index contributed by atoms with van der Waals surface area (Å²) in [4.78, 5) is 14.8. The van der Waals surface area contributed by atoms with Gasteiger partial charge in [0.1, 0.15) is 0 Å². The molecule has 5 heteroatoms. The summed E-state index contributed by atoms with van der Waals surface area (Å²) in [6.07, 6.45) is 0. The first-order valence-electron chi connectivity index (χ1n) is 2.26. The Morgan fingerprint density at radius 1 is 1.88 bits per heavy atom. The maximum absolute atomic E-state index is 10.2. The topological polar surface area (TPSA) is 67.6 Å². The fourth-order valence-electron chi connectivity index (χ4n) is 0.471. The van der Waals surface area contributed by atoms with Gasteiger partial charge in [0.2, 0.25) is 0 Å². The Hall–Kier alpha value is -0.810. The molecule has 0 radical (unpaired) electrons. The summed E-state index contributed by atoms with van der Waals surface area (Å²) in [5.41, 5.74) is 7.39. The van der Waals surface area contributed by atoms with Gasteiger partial charge in [-0.3, -0.25) is 4.84 Å². The fourth-order valence-corrected chi connectivity index (χ4v) is 0.471. The van der Waals surface area contributed by atoms with Crippen molar-refractivity contribution in [3.63, 3.8) is 0 Å². The monoisotopic (exact) mass is 117 g/mol. The number of rotatable bonds is 0. The molecule has 46 valence electrons. The van der Waals surface area contributed by atoms with Crippen molar-refractivity contribution in [3.8, 4) is 0 Å². The number of hydrazine groups is 1. The molecule has 3 N–H and O–H groups in total. The highest BCUT2D eigenvalue weighted by Gasteiger charge is 2.14. The lowest BCUT2D eigenvalue weighted by Crippen LogP contribution is -2.39. The standard InChI is InChI=1S/C3H7N3O2/c4-3(7)6-5-1-2-8-6/h5H,1-2H2,(H2,4,7). The van der Waals surface area contributed by atoms with Gasteiger partial charge in [0.05, 0.1) is 6.61 Å². The number of urea groups is 1. The van der Waals surface area contributed by atoms with Gasteiger partial charge in [-0.2, -0.15) is 0 Å². The van der Waals surface area contributed by atoms with E-state index >= 15 is 0 Å². The number of amides is 2. The molecule has 2 amide bonds. The van der Waals surface area contributed by atoms with E-state index in [2.05, 4.69) is 10.3 Å². The molecule has 0 unspecified atom stereocenters. The van der Waals surface area contributed by atoms with E-state index in [1.807, 2.05) is 0 Å². The fraction of sp³-hybridized carbons (Fsp3) is 0.667. The first-order chi connectivity index (χ1) is 3.80. The van der Waals surface area contributed by atoms with Crippen molar-refractivity contribution in [2.24, 2.45) is 5.73 Å². The highest BCUT2D eigenvalue weighted by molar-refractivity contribution is 5.70. The SMILES string of the molecule is NC(=O)N1NCCO1. The van der Waals surface area contributed by atoms with Crippen LogP contribution in [0.1, 0.15) is 0 Å². The molecule has 1 aliphatic heterocycles. The molecule has 0 aliphatic carbocycles. The molecule has 1 fully saturated rings. The molecule has 1 rings (SSSR count). The summed E-state index contributed by atoms with van der Waals surface area (Å²) in [7, 11) is 0. The van der Waals surface area contributed by atoms with Crippen LogP contribution in [0, 0.1) is 0 Å². The van der Waals surface area contributed by atoms with Crippen molar-refractivity contribution in [1.29, 1.82) is 0 Å². The molecule has 5 nitrogen and oxygen atoms in total. The number of hydrogen-bond acceptors (Lipinski definition) is 3. The van der Waals surface area contributed by atoms with Gasteiger partial charge in [-0.1, -0.05) is 0 Å². The molecule has 0 aromatic rings. The number of carbonyl (C=O) groups excluding carboxylic acids is 1. The Balaban J connectivity index is 2.35. The summed E-state index contributed by atoms with van der Waals surface area (Å²) in [5.74, 6) is 0. The van der Waals surface area contributed by atoms with Gasteiger partial charge < -0.3 is 5.73 Å². The van der Waals surface area contributed by atoms with Gasteiger partial charge in [0.25, 0.3) is 0 Å². The van der Waals surface area contributed by atoms with E-state index in [0.717, 1.165) is 5.17 Å². The summed E-state index contributed by atoms with van der Waals surface area (Å²) < 4.78 is 0. The quantitative estimate of drug-likeness (QED) is 0.419. The van der Waals surface area contributed by atoms with Crippen LogP contribution in [0.2, 0.25) is 0 Å². The minimum Gasteiger partial charge on any atom is -0.349 e. The Morgan fingerprint density at radius 2 is 2.62 bits per heavy atom. The Kier molecular flexibility index (Phi) is 1.32. The van der Waals surface area contributed by atoms with Gasteiger partial charge in [-0.05, 0) is 0 Å². The second kappa shape index (κ2) is 1.97. The third kappa shape index (κ3) is 0.877. The van der Waals surface area contributed by atoms with E-state index in [0.29, 0.717) is 13.2 Å². The van der Waals surface area contributed by atoms with Crippen molar-refractivity contribution in [2.45, 2.75) is 0 Å². The molecule has 0 atom stereocenters. The van der Waals surface area contributed by atoms with Crippen LogP contribution >= 0.6 is 0 Å². The maximum atomic E-state index is 10.2. The molecule has 0 bridgehead atoms. The van der Waals surface area contributed by atoms with Crippen LogP contribution < -0.4 is 11.2 Å². The highest BCUT2D eigenvalue weighted by atomic mass is 16.7. The Labute approximate surface area is 46.3 Å². The minimum absolute atomic E-state index is 0.503. The predicted octanol–water partition coefficient (Wildman–Crippen LogP) is -1.18. The van der Waals surface area contributed by atoms with Crippen molar-refractivity contribution in [1.82, 2.24) is 10.6 Å². The van der Waals surface area contributed by atoms with Crippen molar-refractivity contribution < 1.29 is 9.63 Å². The van der Waals surface area contributed by atoms with E-state index in [9.17, 15) is 4.79 Å². The van der Waals surface area contributed by atoms with Crippen LogP contribution in [0.4, 0.5) is 4.79 Å². The van der Waals surface area contributed by atoms with E-state index < -0.39 is 6.03 Å². The summed E-state index contributed by atoms with van der Waals surface area (Å²) in [5, 5.41) is 0.917. The number of hydroxylamine groups is 1. The number of nitrogens with two attached hydrogens (primary N) is 1. The second-order valence-electron chi connectivity index (χ2n) is 1.37. The first-order valence-corrected chi connectivity index (χ1v) is 2.26. The molecule has 0 saturated carbocycles. The lowest BCUT2D eigenvalue weighted by molar-refractivity contribution is -0.0904. The van der Waals surface area contributed by atoms with E-state index in [4.69, 9.17) is 5.73 Å².